The van der Waals surface area contributed by atoms with Crippen LogP contribution in [0.1, 0.15) is 84.0 Å². The van der Waals surface area contributed by atoms with Crippen LogP contribution < -0.4 is 0 Å². The molecule has 5 rings (SSSR count). The van der Waals surface area contributed by atoms with Crippen LogP contribution in [0.5, 0.6) is 0 Å². The Labute approximate surface area is 250 Å². The number of benzene rings is 2. The van der Waals surface area contributed by atoms with E-state index in [9.17, 15) is 35.9 Å². The summed E-state index contributed by atoms with van der Waals surface area (Å²) < 4.78 is 84.6. The van der Waals surface area contributed by atoms with Crippen molar-refractivity contribution in [3.8, 4) is 11.1 Å². The number of pyridine rings is 1. The Kier molecular flexibility index (Phi) is 9.03. The number of aromatic nitrogens is 3. The van der Waals surface area contributed by atoms with Crippen LogP contribution in [0, 0.1) is 17.5 Å². The number of ketones is 2. The lowest BCUT2D eigenvalue weighted by atomic mass is 9.86. The van der Waals surface area contributed by atoms with Gasteiger partial charge in [0, 0.05) is 42.3 Å². The molecule has 0 amide bonds. The molecule has 0 aliphatic heterocycles. The van der Waals surface area contributed by atoms with Crippen molar-refractivity contribution in [1.29, 1.82) is 0 Å². The molecule has 4 aromatic rings. The Hall–Kier alpha value is -4.28. The van der Waals surface area contributed by atoms with Crippen molar-refractivity contribution in [2.45, 2.75) is 70.0 Å². The average molecular weight is 614 g/mol. The van der Waals surface area contributed by atoms with Gasteiger partial charge in [-0.05, 0) is 67.6 Å². The summed E-state index contributed by atoms with van der Waals surface area (Å²) in [7, 11) is 0. The van der Waals surface area contributed by atoms with Crippen molar-refractivity contribution in [2.24, 2.45) is 0 Å². The summed E-state index contributed by atoms with van der Waals surface area (Å²) in [4.78, 5) is 34.0. The Morgan fingerprint density at radius 3 is 2.36 bits per heavy atom. The van der Waals surface area contributed by atoms with Crippen molar-refractivity contribution >= 4 is 11.6 Å². The van der Waals surface area contributed by atoms with Gasteiger partial charge in [-0.3, -0.25) is 14.6 Å². The molecule has 2 aromatic heterocycles. The van der Waals surface area contributed by atoms with E-state index in [0.29, 0.717) is 29.7 Å². The van der Waals surface area contributed by atoms with Crippen LogP contribution >= 0.6 is 0 Å². The minimum Gasteiger partial charge on any atom is -0.327 e. The van der Waals surface area contributed by atoms with Crippen LogP contribution in [0.15, 0.2) is 60.9 Å². The molecule has 44 heavy (non-hydrogen) atoms. The minimum atomic E-state index is -4.68. The summed E-state index contributed by atoms with van der Waals surface area (Å²) in [6, 6.07) is 10.3. The van der Waals surface area contributed by atoms with Gasteiger partial charge in [-0.25, -0.2) is 18.2 Å². The SMILES string of the molecule is CC(=O)c1cc(-c2cccnc2[C@@H](CC(=O)Cn2cc(C(F)(F)F)nc2C2CCCC2)Cc2cc(F)cc(F)c2)ccc1F. The van der Waals surface area contributed by atoms with Crippen LogP contribution in [0.25, 0.3) is 11.1 Å². The first-order chi connectivity index (χ1) is 20.9. The molecule has 2 heterocycles. The minimum absolute atomic E-state index is 0.0294. The third-order valence-corrected chi connectivity index (χ3v) is 7.93. The molecular weight excluding hydrogens is 584 g/mol. The highest BCUT2D eigenvalue weighted by Crippen LogP contribution is 2.37. The van der Waals surface area contributed by atoms with Gasteiger partial charge in [0.15, 0.2) is 17.3 Å². The van der Waals surface area contributed by atoms with Gasteiger partial charge in [-0.2, -0.15) is 13.2 Å². The second-order valence-electron chi connectivity index (χ2n) is 11.2. The van der Waals surface area contributed by atoms with Crippen molar-refractivity contribution in [1.82, 2.24) is 14.5 Å². The zero-order chi connectivity index (χ0) is 31.6. The summed E-state index contributed by atoms with van der Waals surface area (Å²) in [6.45, 7) is 0.850. The van der Waals surface area contributed by atoms with E-state index in [4.69, 9.17) is 0 Å². The molecule has 0 bridgehead atoms. The topological polar surface area (TPSA) is 64.8 Å². The van der Waals surface area contributed by atoms with Gasteiger partial charge < -0.3 is 4.57 Å². The van der Waals surface area contributed by atoms with E-state index < -0.39 is 46.8 Å². The largest absolute Gasteiger partial charge is 0.434 e. The van der Waals surface area contributed by atoms with Gasteiger partial charge in [0.1, 0.15) is 23.3 Å². The van der Waals surface area contributed by atoms with E-state index in [1.807, 2.05) is 0 Å². The standard InChI is InChI=1S/C33H29F6N3O2/c1-19(43)28-15-22(8-9-29(28)36)27-7-4-10-40-31(27)23(11-20-12-24(34)16-25(35)13-20)14-26(44)17-42-18-30(33(37,38)39)41-32(42)21-5-2-3-6-21/h4,7-10,12-13,15-16,18,21,23H,2-3,5-6,11,14,17H2,1H3/t23-/m1/s1. The number of hydrogen-bond acceptors (Lipinski definition) is 4. The van der Waals surface area contributed by atoms with Gasteiger partial charge in [-0.15, -0.1) is 0 Å². The summed E-state index contributed by atoms with van der Waals surface area (Å²) in [6.07, 6.45) is 0.457. The Balaban J connectivity index is 1.52. The van der Waals surface area contributed by atoms with E-state index in [-0.39, 0.29) is 42.3 Å². The first-order valence-electron chi connectivity index (χ1n) is 14.3. The Morgan fingerprint density at radius 2 is 1.70 bits per heavy atom. The maximum absolute atomic E-state index is 14.3. The molecule has 5 nitrogen and oxygen atoms in total. The van der Waals surface area contributed by atoms with Gasteiger partial charge >= 0.3 is 6.18 Å². The fraction of sp³-hybridized carbons (Fsp3) is 0.333. The molecular formula is C33H29F6N3O2. The third kappa shape index (κ3) is 7.09. The second-order valence-corrected chi connectivity index (χ2v) is 11.2. The highest BCUT2D eigenvalue weighted by Gasteiger charge is 2.36. The molecule has 0 saturated heterocycles. The molecule has 0 unspecified atom stereocenters. The van der Waals surface area contributed by atoms with Crippen LogP contribution in [-0.2, 0) is 23.9 Å². The second kappa shape index (κ2) is 12.8. The van der Waals surface area contributed by atoms with Gasteiger partial charge in [0.25, 0.3) is 0 Å². The lowest BCUT2D eigenvalue weighted by Gasteiger charge is -2.21. The van der Waals surface area contributed by atoms with E-state index in [1.54, 1.807) is 12.1 Å². The first kappa shape index (κ1) is 31.2. The van der Waals surface area contributed by atoms with Crippen LogP contribution in [0.2, 0.25) is 0 Å². The number of hydrogen-bond donors (Lipinski definition) is 0. The van der Waals surface area contributed by atoms with E-state index in [1.165, 1.54) is 29.8 Å². The summed E-state index contributed by atoms with van der Waals surface area (Å²) in [5.41, 5.74) is 0.299. The van der Waals surface area contributed by atoms with Crippen LogP contribution in [0.4, 0.5) is 26.3 Å². The summed E-state index contributed by atoms with van der Waals surface area (Å²) >= 11 is 0. The molecule has 0 N–H and O–H groups in total. The maximum Gasteiger partial charge on any atom is 0.434 e. The maximum atomic E-state index is 14.3. The quantitative estimate of drug-likeness (QED) is 0.134. The van der Waals surface area contributed by atoms with Crippen molar-refractivity contribution in [3.63, 3.8) is 0 Å². The predicted molar refractivity (Wildman–Crippen MR) is 151 cm³/mol. The van der Waals surface area contributed by atoms with Gasteiger partial charge in [0.2, 0.25) is 0 Å². The molecule has 1 fully saturated rings. The first-order valence-corrected chi connectivity index (χ1v) is 14.3. The number of halogens is 6. The lowest BCUT2D eigenvalue weighted by molar-refractivity contribution is -0.141. The van der Waals surface area contributed by atoms with E-state index in [0.717, 1.165) is 43.3 Å². The fourth-order valence-electron chi connectivity index (χ4n) is 5.96. The number of imidazole rings is 1. The summed E-state index contributed by atoms with van der Waals surface area (Å²) in [5, 5.41) is 0. The van der Waals surface area contributed by atoms with Crippen LogP contribution in [0.3, 0.4) is 0 Å². The number of alkyl halides is 3. The Bertz CT molecular complexity index is 1670. The molecule has 0 spiro atoms. The number of rotatable bonds is 10. The Morgan fingerprint density at radius 1 is 1.00 bits per heavy atom. The zero-order valence-corrected chi connectivity index (χ0v) is 23.8. The highest BCUT2D eigenvalue weighted by molar-refractivity contribution is 5.95. The molecule has 1 atom stereocenters. The average Bonchev–Trinajstić information content (AvgIpc) is 3.62. The molecule has 1 aliphatic carbocycles. The number of carbonyl (C=O) groups is 2. The third-order valence-electron chi connectivity index (χ3n) is 7.93. The molecule has 230 valence electrons. The monoisotopic (exact) mass is 613 g/mol. The molecule has 2 aromatic carbocycles. The number of nitrogens with zero attached hydrogens (tertiary/aromatic N) is 3. The highest BCUT2D eigenvalue weighted by atomic mass is 19.4. The predicted octanol–water partition coefficient (Wildman–Crippen LogP) is 8.23. The smallest absolute Gasteiger partial charge is 0.327 e. The van der Waals surface area contributed by atoms with Crippen molar-refractivity contribution in [2.75, 3.05) is 0 Å². The zero-order valence-electron chi connectivity index (χ0n) is 23.8. The molecule has 1 saturated carbocycles. The summed E-state index contributed by atoms with van der Waals surface area (Å²) in [5.74, 6) is -4.00. The molecule has 1 aliphatic rings. The van der Waals surface area contributed by atoms with Crippen LogP contribution in [-0.4, -0.2) is 26.1 Å². The van der Waals surface area contributed by atoms with Crippen molar-refractivity contribution in [3.05, 3.63) is 107 Å². The van der Waals surface area contributed by atoms with E-state index >= 15 is 0 Å². The lowest BCUT2D eigenvalue weighted by Crippen LogP contribution is -2.18. The number of carbonyl (C=O) groups excluding carboxylic acids is 2. The van der Waals surface area contributed by atoms with Gasteiger partial charge in [-0.1, -0.05) is 25.0 Å². The molecule has 11 heteroatoms. The van der Waals surface area contributed by atoms with E-state index in [2.05, 4.69) is 9.97 Å². The fourth-order valence-corrected chi connectivity index (χ4v) is 5.96. The van der Waals surface area contributed by atoms with Gasteiger partial charge in [0.05, 0.1) is 17.8 Å². The normalized spacial score (nSPS) is 14.6. The van der Waals surface area contributed by atoms with Crippen molar-refractivity contribution < 1.29 is 35.9 Å². The molecule has 0 radical (unpaired) electrons. The number of Topliss-reactive ketones (excluding diaryl/α,β-unsaturated/α-hetero) is 2.